The van der Waals surface area contributed by atoms with E-state index in [1.165, 1.54) is 11.0 Å². The van der Waals surface area contributed by atoms with Crippen LogP contribution in [0.25, 0.3) is 10.8 Å². The van der Waals surface area contributed by atoms with Crippen LogP contribution in [0, 0.1) is 6.92 Å². The standard InChI is InChI=1S/C23H20N2O4/c1-14-13-15(26)5-7-19(14)25-22(27)17-4-2-3-16-20(24-9-11-29-12-10-24)8-6-18(21(16)17)23(25)28/h2-8,13,26H,9-12H2,1H3. The highest BCUT2D eigenvalue weighted by atomic mass is 16.5. The summed E-state index contributed by atoms with van der Waals surface area (Å²) in [6.45, 7) is 4.65. The number of phenolic OH excluding ortho intramolecular Hbond substituents is 1. The van der Waals surface area contributed by atoms with Crippen LogP contribution in [0.3, 0.4) is 0 Å². The summed E-state index contributed by atoms with van der Waals surface area (Å²) in [5, 5.41) is 11.3. The molecule has 0 aliphatic carbocycles. The molecule has 146 valence electrons. The van der Waals surface area contributed by atoms with E-state index in [4.69, 9.17) is 4.74 Å². The highest BCUT2D eigenvalue weighted by Crippen LogP contribution is 2.38. The van der Waals surface area contributed by atoms with Crippen molar-refractivity contribution >= 4 is 34.0 Å². The molecule has 2 heterocycles. The summed E-state index contributed by atoms with van der Waals surface area (Å²) in [7, 11) is 0. The van der Waals surface area contributed by atoms with E-state index in [1.54, 1.807) is 25.1 Å². The van der Waals surface area contributed by atoms with Crippen LogP contribution in [0.15, 0.2) is 48.5 Å². The number of ether oxygens (including phenoxy) is 1. The molecule has 0 saturated carbocycles. The second-order valence-corrected chi connectivity index (χ2v) is 7.38. The van der Waals surface area contributed by atoms with Crippen molar-refractivity contribution in [2.75, 3.05) is 36.1 Å². The van der Waals surface area contributed by atoms with Gasteiger partial charge in [0, 0.05) is 40.7 Å². The lowest BCUT2D eigenvalue weighted by molar-refractivity contribution is 0.0893. The van der Waals surface area contributed by atoms with Crippen molar-refractivity contribution in [3.8, 4) is 5.75 Å². The lowest BCUT2D eigenvalue weighted by atomic mass is 9.92. The van der Waals surface area contributed by atoms with E-state index in [0.717, 1.165) is 24.2 Å². The molecule has 6 heteroatoms. The van der Waals surface area contributed by atoms with Gasteiger partial charge >= 0.3 is 0 Å². The molecule has 5 rings (SSSR count). The quantitative estimate of drug-likeness (QED) is 0.681. The number of carbonyl (C=O) groups is 2. The summed E-state index contributed by atoms with van der Waals surface area (Å²) in [6, 6.07) is 14.0. The Morgan fingerprint density at radius 3 is 2.31 bits per heavy atom. The van der Waals surface area contributed by atoms with Crippen LogP contribution in [0.5, 0.6) is 5.75 Å². The van der Waals surface area contributed by atoms with E-state index in [9.17, 15) is 14.7 Å². The first-order chi connectivity index (χ1) is 14.1. The molecule has 0 radical (unpaired) electrons. The van der Waals surface area contributed by atoms with Crippen LogP contribution >= 0.6 is 0 Å². The average Bonchev–Trinajstić information content (AvgIpc) is 2.73. The molecule has 2 amide bonds. The molecule has 0 bridgehead atoms. The zero-order chi connectivity index (χ0) is 20.1. The van der Waals surface area contributed by atoms with Gasteiger partial charge in [-0.3, -0.25) is 9.59 Å². The molecule has 0 spiro atoms. The Morgan fingerprint density at radius 1 is 0.897 bits per heavy atom. The summed E-state index contributed by atoms with van der Waals surface area (Å²) < 4.78 is 5.46. The smallest absolute Gasteiger partial charge is 0.265 e. The number of hydrogen-bond donors (Lipinski definition) is 1. The summed E-state index contributed by atoms with van der Waals surface area (Å²) >= 11 is 0. The fourth-order valence-corrected chi connectivity index (χ4v) is 4.27. The zero-order valence-electron chi connectivity index (χ0n) is 16.0. The van der Waals surface area contributed by atoms with Crippen LogP contribution in [-0.2, 0) is 4.74 Å². The molecule has 2 aliphatic rings. The minimum atomic E-state index is -0.346. The minimum Gasteiger partial charge on any atom is -0.508 e. The van der Waals surface area contributed by atoms with Gasteiger partial charge in [0.25, 0.3) is 11.8 Å². The van der Waals surface area contributed by atoms with Crippen molar-refractivity contribution in [3.05, 3.63) is 65.2 Å². The number of aromatic hydroxyl groups is 1. The van der Waals surface area contributed by atoms with E-state index in [2.05, 4.69) is 4.90 Å². The van der Waals surface area contributed by atoms with Gasteiger partial charge in [0.05, 0.1) is 18.9 Å². The van der Waals surface area contributed by atoms with Crippen molar-refractivity contribution in [2.45, 2.75) is 6.92 Å². The topological polar surface area (TPSA) is 70.1 Å². The van der Waals surface area contributed by atoms with E-state index < -0.39 is 0 Å². The molecular formula is C23H20N2O4. The predicted octanol–water partition coefficient (Wildman–Crippen LogP) is 3.49. The lowest BCUT2D eigenvalue weighted by Gasteiger charge is -2.32. The number of phenols is 1. The van der Waals surface area contributed by atoms with E-state index in [-0.39, 0.29) is 17.6 Å². The van der Waals surface area contributed by atoms with Gasteiger partial charge in [0.1, 0.15) is 5.75 Å². The maximum atomic E-state index is 13.3. The van der Waals surface area contributed by atoms with Gasteiger partial charge in [-0.2, -0.15) is 0 Å². The number of aryl methyl sites for hydroxylation is 1. The molecule has 29 heavy (non-hydrogen) atoms. The Labute approximate surface area is 167 Å². The number of amides is 2. The van der Waals surface area contributed by atoms with E-state index in [0.29, 0.717) is 41.0 Å². The first-order valence-corrected chi connectivity index (χ1v) is 9.63. The molecule has 1 N–H and O–H groups in total. The number of morpholine rings is 1. The number of anilines is 2. The molecule has 1 fully saturated rings. The van der Waals surface area contributed by atoms with Gasteiger partial charge in [-0.25, -0.2) is 4.90 Å². The van der Waals surface area contributed by atoms with Crippen molar-refractivity contribution in [3.63, 3.8) is 0 Å². The maximum absolute atomic E-state index is 13.3. The third-order valence-corrected chi connectivity index (χ3v) is 5.66. The van der Waals surface area contributed by atoms with Gasteiger partial charge in [-0.1, -0.05) is 12.1 Å². The fourth-order valence-electron chi connectivity index (χ4n) is 4.27. The molecule has 6 nitrogen and oxygen atoms in total. The summed E-state index contributed by atoms with van der Waals surface area (Å²) in [6.07, 6.45) is 0. The number of carbonyl (C=O) groups excluding carboxylic acids is 2. The molecular weight excluding hydrogens is 368 g/mol. The average molecular weight is 388 g/mol. The second kappa shape index (κ2) is 6.60. The number of imide groups is 1. The van der Waals surface area contributed by atoms with Gasteiger partial charge in [0.15, 0.2) is 0 Å². The number of hydrogen-bond acceptors (Lipinski definition) is 5. The molecule has 0 unspecified atom stereocenters. The van der Waals surface area contributed by atoms with Crippen LogP contribution in [0.2, 0.25) is 0 Å². The van der Waals surface area contributed by atoms with E-state index >= 15 is 0 Å². The van der Waals surface area contributed by atoms with Crippen LogP contribution in [0.1, 0.15) is 26.3 Å². The Morgan fingerprint density at radius 2 is 1.59 bits per heavy atom. The molecule has 0 aromatic heterocycles. The number of nitrogens with zero attached hydrogens (tertiary/aromatic N) is 2. The van der Waals surface area contributed by atoms with E-state index in [1.807, 2.05) is 24.3 Å². The summed E-state index contributed by atoms with van der Waals surface area (Å²) in [4.78, 5) is 30.1. The Bertz CT molecular complexity index is 1140. The third kappa shape index (κ3) is 2.68. The van der Waals surface area contributed by atoms with Crippen molar-refractivity contribution in [2.24, 2.45) is 0 Å². The fraction of sp³-hybridized carbons (Fsp3) is 0.217. The predicted molar refractivity (Wildman–Crippen MR) is 111 cm³/mol. The normalized spacial score (nSPS) is 16.6. The second-order valence-electron chi connectivity index (χ2n) is 7.38. The Kier molecular flexibility index (Phi) is 4.03. The molecule has 2 aliphatic heterocycles. The maximum Gasteiger partial charge on any atom is 0.265 e. The monoisotopic (exact) mass is 388 g/mol. The van der Waals surface area contributed by atoms with Crippen LogP contribution in [0.4, 0.5) is 11.4 Å². The highest BCUT2D eigenvalue weighted by Gasteiger charge is 2.35. The SMILES string of the molecule is Cc1cc(O)ccc1N1C(=O)c2cccc3c(N4CCOCC4)ccc(c23)C1=O. The van der Waals surface area contributed by atoms with Gasteiger partial charge < -0.3 is 14.7 Å². The summed E-state index contributed by atoms with van der Waals surface area (Å²) in [5.74, 6) is -0.595. The van der Waals surface area contributed by atoms with Crippen molar-refractivity contribution in [1.82, 2.24) is 0 Å². The molecule has 1 saturated heterocycles. The minimum absolute atomic E-state index is 0.0980. The van der Waals surface area contributed by atoms with Crippen LogP contribution < -0.4 is 9.80 Å². The number of rotatable bonds is 2. The zero-order valence-corrected chi connectivity index (χ0v) is 16.0. The Hall–Kier alpha value is -3.38. The van der Waals surface area contributed by atoms with Gasteiger partial charge in [0.2, 0.25) is 0 Å². The number of benzene rings is 3. The first-order valence-electron chi connectivity index (χ1n) is 9.63. The van der Waals surface area contributed by atoms with Crippen molar-refractivity contribution < 1.29 is 19.4 Å². The highest BCUT2D eigenvalue weighted by molar-refractivity contribution is 6.36. The third-order valence-electron chi connectivity index (χ3n) is 5.66. The molecule has 3 aromatic rings. The first kappa shape index (κ1) is 17.7. The largest absolute Gasteiger partial charge is 0.508 e. The van der Waals surface area contributed by atoms with Gasteiger partial charge in [-0.05, 0) is 48.9 Å². The van der Waals surface area contributed by atoms with Crippen molar-refractivity contribution in [1.29, 1.82) is 0 Å². The van der Waals surface area contributed by atoms with Crippen LogP contribution in [-0.4, -0.2) is 43.2 Å². The van der Waals surface area contributed by atoms with Gasteiger partial charge in [-0.15, -0.1) is 0 Å². The molecule has 3 aromatic carbocycles. The molecule has 0 atom stereocenters. The summed E-state index contributed by atoms with van der Waals surface area (Å²) in [5.41, 5.74) is 3.19. The Balaban J connectivity index is 1.69. The lowest BCUT2D eigenvalue weighted by Crippen LogP contribution is -2.41.